The average molecular weight is 269 g/mol. The number of carbonyl (C=O) groups is 1. The predicted octanol–water partition coefficient (Wildman–Crippen LogP) is 3.30. The first-order valence-electron chi connectivity index (χ1n) is 5.89. The fourth-order valence-corrected chi connectivity index (χ4v) is 3.52. The zero-order valence-electron chi connectivity index (χ0n) is 10.4. The highest BCUT2D eigenvalue weighted by molar-refractivity contribution is 7.52. The van der Waals surface area contributed by atoms with Gasteiger partial charge in [0.25, 0.3) is 5.91 Å². The smallest absolute Gasteiger partial charge is 0.303 e. The summed E-state index contributed by atoms with van der Waals surface area (Å²) in [5, 5.41) is 0. The zero-order valence-corrected chi connectivity index (χ0v) is 11.3. The summed E-state index contributed by atoms with van der Waals surface area (Å²) in [6, 6.07) is 9.25. The van der Waals surface area contributed by atoms with Crippen LogP contribution in [0, 0.1) is 0 Å². The van der Waals surface area contributed by atoms with Gasteiger partial charge in [0.1, 0.15) is 0 Å². The van der Waals surface area contributed by atoms with E-state index in [4.69, 9.17) is 13.6 Å². The van der Waals surface area contributed by atoms with Crippen molar-refractivity contribution >= 4 is 13.6 Å². The molecule has 0 fully saturated rings. The first kappa shape index (κ1) is 13.4. The highest BCUT2D eigenvalue weighted by atomic mass is 31.2. The summed E-state index contributed by atoms with van der Waals surface area (Å²) >= 11 is 0. The Hall–Kier alpha value is -1.00. The first-order chi connectivity index (χ1) is 8.71. The molecule has 1 aliphatic rings. The minimum atomic E-state index is -2.85. The molecule has 18 heavy (non-hydrogen) atoms. The van der Waals surface area contributed by atoms with Gasteiger partial charge in [0, 0.05) is 0 Å². The van der Waals surface area contributed by atoms with Crippen LogP contribution < -0.4 is 0 Å². The van der Waals surface area contributed by atoms with Gasteiger partial charge in [0.2, 0.25) is 0 Å². The zero-order chi connectivity index (χ0) is 13.0. The molecular formula is C12H16NO4P. The highest BCUT2D eigenvalue weighted by Gasteiger charge is 2.40. The molecule has 1 amide bonds. The van der Waals surface area contributed by atoms with Gasteiger partial charge in [-0.25, -0.2) is 0 Å². The van der Waals surface area contributed by atoms with E-state index in [1.54, 1.807) is 0 Å². The van der Waals surface area contributed by atoms with Crippen LogP contribution in [-0.4, -0.2) is 19.1 Å². The van der Waals surface area contributed by atoms with Crippen molar-refractivity contribution in [1.29, 1.82) is 0 Å². The third kappa shape index (κ3) is 2.70. The molecule has 0 bridgehead atoms. The van der Waals surface area contributed by atoms with Gasteiger partial charge in [0.15, 0.2) is 6.10 Å². The third-order valence-corrected chi connectivity index (χ3v) is 4.46. The SMILES string of the molecule is CCOP1(OCC)=NC(=O)C(c2ccccc2)O1. The summed E-state index contributed by atoms with van der Waals surface area (Å²) in [5.41, 5.74) is 0.771. The number of hydrogen-bond acceptors (Lipinski definition) is 4. The second kappa shape index (κ2) is 5.76. The van der Waals surface area contributed by atoms with Gasteiger partial charge in [-0.1, -0.05) is 30.3 Å². The molecule has 1 aliphatic heterocycles. The van der Waals surface area contributed by atoms with E-state index < -0.39 is 13.8 Å². The van der Waals surface area contributed by atoms with Crippen molar-refractivity contribution in [2.45, 2.75) is 20.0 Å². The Morgan fingerprint density at radius 2 is 1.83 bits per heavy atom. The first-order valence-corrected chi connectivity index (χ1v) is 7.39. The molecule has 1 aromatic carbocycles. The van der Waals surface area contributed by atoms with Crippen molar-refractivity contribution < 1.29 is 18.4 Å². The predicted molar refractivity (Wildman–Crippen MR) is 67.9 cm³/mol. The van der Waals surface area contributed by atoms with Gasteiger partial charge in [-0.15, -0.1) is 0 Å². The summed E-state index contributed by atoms with van der Waals surface area (Å²) in [4.78, 5) is 11.9. The van der Waals surface area contributed by atoms with Crippen LogP contribution in [0.3, 0.4) is 0 Å². The van der Waals surface area contributed by atoms with Crippen molar-refractivity contribution in [2.24, 2.45) is 4.74 Å². The lowest BCUT2D eigenvalue weighted by Gasteiger charge is -2.19. The minimum Gasteiger partial charge on any atom is -0.303 e. The van der Waals surface area contributed by atoms with Gasteiger partial charge in [-0.2, -0.15) is 4.74 Å². The molecule has 0 aromatic heterocycles. The van der Waals surface area contributed by atoms with E-state index in [-0.39, 0.29) is 5.91 Å². The van der Waals surface area contributed by atoms with Crippen LogP contribution in [0.2, 0.25) is 0 Å². The van der Waals surface area contributed by atoms with E-state index in [0.29, 0.717) is 13.2 Å². The number of rotatable bonds is 5. The number of benzene rings is 1. The summed E-state index contributed by atoms with van der Waals surface area (Å²) in [6.45, 7) is 4.43. The quantitative estimate of drug-likeness (QED) is 0.769. The van der Waals surface area contributed by atoms with E-state index in [2.05, 4.69) is 4.74 Å². The number of carbonyl (C=O) groups excluding carboxylic acids is 1. The van der Waals surface area contributed by atoms with Crippen molar-refractivity contribution in [3.63, 3.8) is 0 Å². The lowest BCUT2D eigenvalue weighted by atomic mass is 10.1. The lowest BCUT2D eigenvalue weighted by molar-refractivity contribution is -0.122. The topological polar surface area (TPSA) is 57.1 Å². The molecule has 1 unspecified atom stereocenters. The lowest BCUT2D eigenvalue weighted by Crippen LogP contribution is -2.06. The maximum Gasteiger partial charge on any atom is 0.364 e. The fraction of sp³-hybridized carbons (Fsp3) is 0.417. The molecule has 0 spiro atoms. The van der Waals surface area contributed by atoms with E-state index >= 15 is 0 Å². The molecule has 6 heteroatoms. The second-order valence-corrected chi connectivity index (χ2v) is 5.50. The van der Waals surface area contributed by atoms with Crippen molar-refractivity contribution in [2.75, 3.05) is 13.2 Å². The van der Waals surface area contributed by atoms with Gasteiger partial charge in [0.05, 0.1) is 13.2 Å². The van der Waals surface area contributed by atoms with Crippen LogP contribution >= 0.6 is 7.74 Å². The Morgan fingerprint density at radius 1 is 1.22 bits per heavy atom. The van der Waals surface area contributed by atoms with Crippen molar-refractivity contribution in [1.82, 2.24) is 0 Å². The molecular weight excluding hydrogens is 253 g/mol. The summed E-state index contributed by atoms with van der Waals surface area (Å²) in [7, 11) is -2.85. The number of amides is 1. The highest BCUT2D eigenvalue weighted by Crippen LogP contribution is 2.60. The normalized spacial score (nSPS) is 21.9. The minimum absolute atomic E-state index is 0.337. The fourth-order valence-electron chi connectivity index (χ4n) is 1.69. The van der Waals surface area contributed by atoms with Gasteiger partial charge in [-0.05, 0) is 19.4 Å². The summed E-state index contributed by atoms with van der Waals surface area (Å²) in [6.07, 6.45) is -0.711. The van der Waals surface area contributed by atoms with Crippen molar-refractivity contribution in [3.8, 4) is 0 Å². The van der Waals surface area contributed by atoms with Crippen LogP contribution in [0.5, 0.6) is 0 Å². The van der Waals surface area contributed by atoms with Crippen LogP contribution in [0.1, 0.15) is 25.5 Å². The monoisotopic (exact) mass is 269 g/mol. The molecule has 0 radical (unpaired) electrons. The Bertz CT molecular complexity index is 464. The van der Waals surface area contributed by atoms with E-state index in [9.17, 15) is 4.79 Å². The Kier molecular flexibility index (Phi) is 4.30. The van der Waals surface area contributed by atoms with Crippen LogP contribution in [0.4, 0.5) is 0 Å². The number of hydrogen-bond donors (Lipinski definition) is 0. The Balaban J connectivity index is 2.24. The largest absolute Gasteiger partial charge is 0.364 e. The molecule has 0 saturated carbocycles. The van der Waals surface area contributed by atoms with Crippen LogP contribution in [0.25, 0.3) is 0 Å². The molecule has 5 nitrogen and oxygen atoms in total. The van der Waals surface area contributed by atoms with E-state index in [0.717, 1.165) is 5.56 Å². The molecule has 0 N–H and O–H groups in total. The van der Waals surface area contributed by atoms with Crippen LogP contribution in [-0.2, 0) is 18.4 Å². The average Bonchev–Trinajstić information content (AvgIpc) is 2.68. The second-order valence-electron chi connectivity index (χ2n) is 3.64. The van der Waals surface area contributed by atoms with E-state index in [1.165, 1.54) is 0 Å². The standard InChI is InChI=1S/C12H16NO4P/c1-3-15-18(16-4-2)13-12(14)11(17-18)10-8-6-5-7-9-10/h5-9,11H,3-4H2,1-2H3. The Labute approximate surface area is 106 Å². The summed E-state index contributed by atoms with van der Waals surface area (Å²) < 4.78 is 20.5. The maximum atomic E-state index is 11.9. The van der Waals surface area contributed by atoms with Gasteiger partial charge < -0.3 is 9.05 Å². The van der Waals surface area contributed by atoms with E-state index in [1.807, 2.05) is 44.2 Å². The van der Waals surface area contributed by atoms with Crippen molar-refractivity contribution in [3.05, 3.63) is 35.9 Å². The molecule has 1 aromatic rings. The molecule has 98 valence electrons. The Morgan fingerprint density at radius 3 is 2.39 bits per heavy atom. The maximum absolute atomic E-state index is 11.9. The third-order valence-electron chi connectivity index (χ3n) is 2.37. The van der Waals surface area contributed by atoms with Crippen LogP contribution in [0.15, 0.2) is 35.1 Å². The molecule has 0 aliphatic carbocycles. The summed E-state index contributed by atoms with van der Waals surface area (Å²) in [5.74, 6) is -0.337. The molecule has 1 heterocycles. The molecule has 1 atom stereocenters. The van der Waals surface area contributed by atoms with Gasteiger partial charge >= 0.3 is 7.74 Å². The molecule has 2 rings (SSSR count). The van der Waals surface area contributed by atoms with Gasteiger partial charge in [-0.3, -0.25) is 9.32 Å². The molecule has 0 saturated heterocycles. The number of nitrogens with zero attached hydrogens (tertiary/aromatic N) is 1.